The zero-order valence-electron chi connectivity index (χ0n) is 21.4. The van der Waals surface area contributed by atoms with Crippen LogP contribution in [0.2, 0.25) is 5.02 Å². The number of rotatable bonds is 7. The predicted octanol–water partition coefficient (Wildman–Crippen LogP) is 4.23. The SMILES string of the molecule is Cc1ccc(S(=O)(=O)N(CC(=O)N2CCN(Cc3ccc4c(c3)OCO4)CC2)c2ccc(C)c(Cl)c2)cc1. The number of amides is 1. The quantitative estimate of drug-likeness (QED) is 0.434. The van der Waals surface area contributed by atoms with Gasteiger partial charge in [-0.25, -0.2) is 8.42 Å². The van der Waals surface area contributed by atoms with E-state index in [-0.39, 0.29) is 24.1 Å². The van der Waals surface area contributed by atoms with Crippen LogP contribution in [0.15, 0.2) is 65.6 Å². The van der Waals surface area contributed by atoms with Gasteiger partial charge in [-0.3, -0.25) is 14.0 Å². The Morgan fingerprint density at radius 2 is 1.63 bits per heavy atom. The molecule has 3 aromatic carbocycles. The number of hydrogen-bond acceptors (Lipinski definition) is 6. The summed E-state index contributed by atoms with van der Waals surface area (Å²) in [6.07, 6.45) is 0. The molecule has 0 saturated carbocycles. The van der Waals surface area contributed by atoms with Crippen molar-refractivity contribution in [3.63, 3.8) is 0 Å². The lowest BCUT2D eigenvalue weighted by atomic mass is 10.1. The van der Waals surface area contributed by atoms with Crippen molar-refractivity contribution in [3.05, 3.63) is 82.4 Å². The van der Waals surface area contributed by atoms with E-state index in [2.05, 4.69) is 4.90 Å². The minimum atomic E-state index is -4.00. The topological polar surface area (TPSA) is 79.4 Å². The van der Waals surface area contributed by atoms with Gasteiger partial charge in [0.05, 0.1) is 10.6 Å². The van der Waals surface area contributed by atoms with Crippen molar-refractivity contribution in [2.24, 2.45) is 0 Å². The molecule has 0 unspecified atom stereocenters. The molecule has 5 rings (SSSR count). The van der Waals surface area contributed by atoms with E-state index in [4.69, 9.17) is 21.1 Å². The third-order valence-electron chi connectivity index (χ3n) is 6.90. The number of ether oxygens (including phenoxy) is 2. The highest BCUT2D eigenvalue weighted by Gasteiger charge is 2.30. The molecule has 3 aromatic rings. The minimum Gasteiger partial charge on any atom is -0.454 e. The van der Waals surface area contributed by atoms with Crippen molar-refractivity contribution in [2.45, 2.75) is 25.3 Å². The van der Waals surface area contributed by atoms with Crippen LogP contribution in [-0.4, -0.2) is 63.6 Å². The molecule has 200 valence electrons. The molecule has 8 nitrogen and oxygen atoms in total. The fourth-order valence-electron chi connectivity index (χ4n) is 4.57. The molecule has 0 N–H and O–H groups in total. The zero-order chi connectivity index (χ0) is 26.9. The maximum absolute atomic E-state index is 13.7. The summed E-state index contributed by atoms with van der Waals surface area (Å²) in [5.41, 5.74) is 3.24. The second-order valence-corrected chi connectivity index (χ2v) is 11.9. The summed E-state index contributed by atoms with van der Waals surface area (Å²) in [6.45, 7) is 6.79. The summed E-state index contributed by atoms with van der Waals surface area (Å²) in [5.74, 6) is 1.26. The first kappa shape index (κ1) is 26.3. The molecule has 0 spiro atoms. The molecular weight excluding hydrogens is 526 g/mol. The summed E-state index contributed by atoms with van der Waals surface area (Å²) in [5, 5.41) is 0.441. The lowest BCUT2D eigenvalue weighted by Gasteiger charge is -2.36. The van der Waals surface area contributed by atoms with E-state index in [0.29, 0.717) is 36.9 Å². The van der Waals surface area contributed by atoms with Crippen molar-refractivity contribution in [1.29, 1.82) is 0 Å². The molecule has 2 aliphatic heterocycles. The molecule has 38 heavy (non-hydrogen) atoms. The van der Waals surface area contributed by atoms with Crippen LogP contribution in [0, 0.1) is 13.8 Å². The van der Waals surface area contributed by atoms with Crippen molar-refractivity contribution in [2.75, 3.05) is 43.8 Å². The fourth-order valence-corrected chi connectivity index (χ4v) is 6.15. The largest absolute Gasteiger partial charge is 0.454 e. The number of carbonyl (C=O) groups excluding carboxylic acids is 1. The van der Waals surface area contributed by atoms with E-state index >= 15 is 0 Å². The standard InChI is InChI=1S/C28H30ClN3O5S/c1-20-3-8-24(9-4-20)38(34,35)32(23-7-5-21(2)25(29)16-23)18-28(33)31-13-11-30(12-14-31)17-22-6-10-26-27(15-22)37-19-36-26/h3-10,15-16H,11-14,17-19H2,1-2H3. The Morgan fingerprint density at radius 1 is 0.921 bits per heavy atom. The van der Waals surface area contributed by atoms with Crippen LogP contribution in [0.4, 0.5) is 5.69 Å². The van der Waals surface area contributed by atoms with Gasteiger partial charge in [0.2, 0.25) is 12.7 Å². The Morgan fingerprint density at radius 3 is 2.34 bits per heavy atom. The highest BCUT2D eigenvalue weighted by atomic mass is 35.5. The number of fused-ring (bicyclic) bond motifs is 1. The van der Waals surface area contributed by atoms with E-state index in [1.54, 1.807) is 47.4 Å². The van der Waals surface area contributed by atoms with E-state index in [1.165, 1.54) is 0 Å². The number of sulfonamides is 1. The Labute approximate surface area is 228 Å². The van der Waals surface area contributed by atoms with Crippen molar-refractivity contribution < 1.29 is 22.7 Å². The van der Waals surface area contributed by atoms with E-state index in [1.807, 2.05) is 32.0 Å². The number of halogens is 1. The summed E-state index contributed by atoms with van der Waals surface area (Å²) in [6, 6.07) is 17.6. The molecule has 1 fully saturated rings. The maximum Gasteiger partial charge on any atom is 0.264 e. The molecule has 0 aromatic heterocycles. The number of benzene rings is 3. The van der Waals surface area contributed by atoms with E-state index in [9.17, 15) is 13.2 Å². The highest BCUT2D eigenvalue weighted by Crippen LogP contribution is 2.33. The summed E-state index contributed by atoms with van der Waals surface area (Å²) in [7, 11) is -4.00. The number of carbonyl (C=O) groups is 1. The van der Waals surface area contributed by atoms with Crippen LogP contribution in [0.1, 0.15) is 16.7 Å². The number of anilines is 1. The molecule has 10 heteroatoms. The minimum absolute atomic E-state index is 0.126. The monoisotopic (exact) mass is 555 g/mol. The second-order valence-electron chi connectivity index (χ2n) is 9.60. The van der Waals surface area contributed by atoms with Crippen LogP contribution < -0.4 is 13.8 Å². The van der Waals surface area contributed by atoms with Gasteiger partial charge in [-0.2, -0.15) is 0 Å². The van der Waals surface area contributed by atoms with Crippen molar-refractivity contribution in [1.82, 2.24) is 9.80 Å². The smallest absolute Gasteiger partial charge is 0.264 e. The Hall–Kier alpha value is -3.27. The van der Waals surface area contributed by atoms with Gasteiger partial charge in [-0.05, 0) is 61.4 Å². The van der Waals surface area contributed by atoms with Crippen molar-refractivity contribution in [3.8, 4) is 11.5 Å². The molecule has 0 bridgehead atoms. The Bertz CT molecular complexity index is 1440. The van der Waals surface area contributed by atoms with E-state index in [0.717, 1.165) is 39.0 Å². The van der Waals surface area contributed by atoms with Gasteiger partial charge < -0.3 is 14.4 Å². The van der Waals surface area contributed by atoms with Crippen LogP contribution in [0.3, 0.4) is 0 Å². The average Bonchev–Trinajstić information content (AvgIpc) is 3.37. The molecule has 0 aliphatic carbocycles. The Balaban J connectivity index is 1.29. The van der Waals surface area contributed by atoms with Crippen LogP contribution in [-0.2, 0) is 21.4 Å². The van der Waals surface area contributed by atoms with Crippen molar-refractivity contribution >= 4 is 33.2 Å². The van der Waals surface area contributed by atoms with Gasteiger partial charge in [0.25, 0.3) is 10.0 Å². The van der Waals surface area contributed by atoms with Gasteiger partial charge in [0, 0.05) is 37.7 Å². The summed E-state index contributed by atoms with van der Waals surface area (Å²) in [4.78, 5) is 17.5. The third-order valence-corrected chi connectivity index (χ3v) is 9.09. The number of hydrogen-bond donors (Lipinski definition) is 0. The first-order chi connectivity index (χ1) is 18.2. The van der Waals surface area contributed by atoms with Gasteiger partial charge >= 0.3 is 0 Å². The molecule has 2 heterocycles. The van der Waals surface area contributed by atoms with Crippen LogP contribution >= 0.6 is 11.6 Å². The highest BCUT2D eigenvalue weighted by molar-refractivity contribution is 7.92. The number of aryl methyl sites for hydroxylation is 2. The number of piperazine rings is 1. The molecular formula is C28H30ClN3O5S. The van der Waals surface area contributed by atoms with E-state index < -0.39 is 10.0 Å². The molecule has 1 amide bonds. The first-order valence-corrected chi connectivity index (χ1v) is 14.3. The lowest BCUT2D eigenvalue weighted by molar-refractivity contribution is -0.131. The van der Waals surface area contributed by atoms with Crippen LogP contribution in [0.5, 0.6) is 11.5 Å². The molecule has 0 atom stereocenters. The van der Waals surface area contributed by atoms with Gasteiger partial charge in [-0.1, -0.05) is 41.4 Å². The van der Waals surface area contributed by atoms with Crippen LogP contribution in [0.25, 0.3) is 0 Å². The first-order valence-electron chi connectivity index (χ1n) is 12.4. The Kier molecular flexibility index (Phi) is 7.52. The normalized spacial score (nSPS) is 15.5. The molecule has 0 radical (unpaired) electrons. The lowest BCUT2D eigenvalue weighted by Crippen LogP contribution is -2.51. The predicted molar refractivity (Wildman–Crippen MR) is 146 cm³/mol. The zero-order valence-corrected chi connectivity index (χ0v) is 23.0. The number of nitrogens with zero attached hydrogens (tertiary/aromatic N) is 3. The van der Waals surface area contributed by atoms with Gasteiger partial charge in [0.1, 0.15) is 6.54 Å². The third kappa shape index (κ3) is 5.60. The fraction of sp³-hybridized carbons (Fsp3) is 0.321. The van der Waals surface area contributed by atoms with Gasteiger partial charge in [-0.15, -0.1) is 0 Å². The maximum atomic E-state index is 13.7. The molecule has 1 saturated heterocycles. The molecule has 2 aliphatic rings. The summed E-state index contributed by atoms with van der Waals surface area (Å²) < 4.78 is 39.4. The average molecular weight is 556 g/mol. The van der Waals surface area contributed by atoms with Gasteiger partial charge in [0.15, 0.2) is 11.5 Å². The second kappa shape index (κ2) is 10.8. The summed E-state index contributed by atoms with van der Waals surface area (Å²) >= 11 is 6.34.